The quantitative estimate of drug-likeness (QED) is 0.568. The highest BCUT2D eigenvalue weighted by Crippen LogP contribution is 2.28. The predicted octanol–water partition coefficient (Wildman–Crippen LogP) is 4.29. The average Bonchev–Trinajstić information content (AvgIpc) is 2.77. The van der Waals surface area contributed by atoms with Crippen LogP contribution in [0.15, 0.2) is 42.5 Å². The molecule has 0 aliphatic carbocycles. The van der Waals surface area contributed by atoms with Gasteiger partial charge in [-0.25, -0.2) is 0 Å². The molecule has 3 heteroatoms. The summed E-state index contributed by atoms with van der Waals surface area (Å²) in [7, 11) is 0. The Kier molecular flexibility index (Phi) is 2.92. The van der Waals surface area contributed by atoms with Crippen LogP contribution < -0.4 is 0 Å². The highest BCUT2D eigenvalue weighted by atomic mass is 79.9. The van der Waals surface area contributed by atoms with Gasteiger partial charge in [0.05, 0.1) is 5.52 Å². The highest BCUT2D eigenvalue weighted by Gasteiger charge is 2.12. The molecule has 0 saturated carbocycles. The molecule has 0 aliphatic rings. The van der Waals surface area contributed by atoms with E-state index in [1.54, 1.807) is 0 Å². The summed E-state index contributed by atoms with van der Waals surface area (Å²) >= 11 is 3.31. The molecule has 2 aromatic carbocycles. The van der Waals surface area contributed by atoms with Crippen molar-refractivity contribution in [1.82, 2.24) is 4.98 Å². The van der Waals surface area contributed by atoms with Gasteiger partial charge in [-0.1, -0.05) is 46.3 Å². The molecule has 0 radical (unpaired) electrons. The summed E-state index contributed by atoms with van der Waals surface area (Å²) < 4.78 is 0. The van der Waals surface area contributed by atoms with Crippen molar-refractivity contribution in [2.75, 3.05) is 5.33 Å². The van der Waals surface area contributed by atoms with Crippen LogP contribution in [0.2, 0.25) is 0 Å². The van der Waals surface area contributed by atoms with Crippen LogP contribution in [0.1, 0.15) is 16.8 Å². The standard InChI is InChI=1S/C15H12BrNO/c16-9-8-14(18)12-6-3-5-11-10-4-1-2-7-13(10)17-15(11)12/h1-7,17H,8-9H2. The Morgan fingerprint density at radius 3 is 2.67 bits per heavy atom. The molecule has 3 aromatic rings. The molecule has 2 nitrogen and oxygen atoms in total. The number of benzene rings is 2. The summed E-state index contributed by atoms with van der Waals surface area (Å²) in [5.41, 5.74) is 2.80. The van der Waals surface area contributed by atoms with Crippen LogP contribution in [0.5, 0.6) is 0 Å². The zero-order valence-corrected chi connectivity index (χ0v) is 11.3. The molecule has 1 heterocycles. The number of halogens is 1. The normalized spacial score (nSPS) is 11.2. The number of para-hydroxylation sites is 2. The number of aromatic nitrogens is 1. The highest BCUT2D eigenvalue weighted by molar-refractivity contribution is 9.09. The van der Waals surface area contributed by atoms with Crippen LogP contribution in [0.3, 0.4) is 0 Å². The van der Waals surface area contributed by atoms with Crippen LogP contribution in [-0.4, -0.2) is 16.1 Å². The number of hydrogen-bond donors (Lipinski definition) is 1. The Balaban J connectivity index is 2.31. The average molecular weight is 302 g/mol. The number of rotatable bonds is 3. The number of nitrogens with one attached hydrogen (secondary N) is 1. The molecule has 0 aliphatic heterocycles. The van der Waals surface area contributed by atoms with Gasteiger partial charge >= 0.3 is 0 Å². The van der Waals surface area contributed by atoms with Crippen LogP contribution in [0.25, 0.3) is 21.8 Å². The maximum Gasteiger partial charge on any atom is 0.165 e. The minimum absolute atomic E-state index is 0.170. The topological polar surface area (TPSA) is 32.9 Å². The SMILES string of the molecule is O=C(CCBr)c1cccc2c1[nH]c1ccccc12. The van der Waals surface area contributed by atoms with E-state index in [1.807, 2.05) is 30.3 Å². The van der Waals surface area contributed by atoms with Crippen molar-refractivity contribution in [2.45, 2.75) is 6.42 Å². The monoisotopic (exact) mass is 301 g/mol. The number of carbonyl (C=O) groups is 1. The first-order valence-corrected chi connectivity index (χ1v) is 7.02. The number of ketones is 1. The van der Waals surface area contributed by atoms with Gasteiger partial charge in [-0.3, -0.25) is 4.79 Å². The van der Waals surface area contributed by atoms with Gasteiger partial charge in [-0.05, 0) is 12.1 Å². The summed E-state index contributed by atoms with van der Waals surface area (Å²) in [4.78, 5) is 15.4. The molecule has 0 bridgehead atoms. The van der Waals surface area contributed by atoms with Crippen LogP contribution in [0, 0.1) is 0 Å². The van der Waals surface area contributed by atoms with Crippen LogP contribution >= 0.6 is 15.9 Å². The lowest BCUT2D eigenvalue weighted by atomic mass is 10.0. The Bertz CT molecular complexity index is 730. The third-order valence-electron chi connectivity index (χ3n) is 3.16. The second-order valence-corrected chi connectivity index (χ2v) is 5.05. The van der Waals surface area contributed by atoms with E-state index >= 15 is 0 Å². The van der Waals surface area contributed by atoms with Crippen molar-refractivity contribution < 1.29 is 4.79 Å². The maximum absolute atomic E-state index is 12.1. The van der Waals surface area contributed by atoms with Gasteiger partial charge in [0.2, 0.25) is 0 Å². The minimum Gasteiger partial charge on any atom is -0.354 e. The first kappa shape index (κ1) is 11.5. The second kappa shape index (κ2) is 4.58. The van der Waals surface area contributed by atoms with E-state index in [9.17, 15) is 4.79 Å². The molecule has 1 N–H and O–H groups in total. The fourth-order valence-electron chi connectivity index (χ4n) is 2.33. The van der Waals surface area contributed by atoms with Crippen molar-refractivity contribution >= 4 is 43.5 Å². The third kappa shape index (κ3) is 1.75. The number of H-pyrrole nitrogens is 1. The summed E-state index contributed by atoms with van der Waals surface area (Å²) in [5, 5.41) is 2.98. The second-order valence-electron chi connectivity index (χ2n) is 4.26. The Labute approximate surface area is 113 Å². The van der Waals surface area contributed by atoms with Gasteiger partial charge in [0.1, 0.15) is 0 Å². The molecule has 0 fully saturated rings. The molecule has 0 saturated heterocycles. The summed E-state index contributed by atoms with van der Waals surface area (Å²) in [5.74, 6) is 0.170. The fourth-order valence-corrected chi connectivity index (χ4v) is 2.69. The van der Waals surface area contributed by atoms with Gasteiger partial charge < -0.3 is 4.98 Å². The van der Waals surface area contributed by atoms with Crippen molar-refractivity contribution in [3.63, 3.8) is 0 Å². The Morgan fingerprint density at radius 2 is 1.83 bits per heavy atom. The molecule has 90 valence electrons. The first-order valence-electron chi connectivity index (χ1n) is 5.90. The van der Waals surface area contributed by atoms with Gasteiger partial charge in [-0.2, -0.15) is 0 Å². The lowest BCUT2D eigenvalue weighted by molar-refractivity contribution is 0.0991. The summed E-state index contributed by atoms with van der Waals surface area (Å²) in [6.45, 7) is 0. The number of hydrogen-bond acceptors (Lipinski definition) is 1. The number of Topliss-reactive ketones (excluding diaryl/α,β-unsaturated/α-hetero) is 1. The minimum atomic E-state index is 0.170. The third-order valence-corrected chi connectivity index (χ3v) is 3.56. The van der Waals surface area contributed by atoms with Gasteiger partial charge in [0.25, 0.3) is 0 Å². The fraction of sp³-hybridized carbons (Fsp3) is 0.133. The van der Waals surface area contributed by atoms with E-state index in [4.69, 9.17) is 0 Å². The lowest BCUT2D eigenvalue weighted by Gasteiger charge is -2.00. The van der Waals surface area contributed by atoms with E-state index in [-0.39, 0.29) is 5.78 Å². The predicted molar refractivity (Wildman–Crippen MR) is 78.5 cm³/mol. The molecule has 0 unspecified atom stereocenters. The van der Waals surface area contributed by atoms with Crippen LogP contribution in [-0.2, 0) is 0 Å². The van der Waals surface area contributed by atoms with E-state index in [0.29, 0.717) is 11.8 Å². The molecule has 0 atom stereocenters. The Morgan fingerprint density at radius 1 is 1.06 bits per heavy atom. The molecule has 0 spiro atoms. The molecule has 1 aromatic heterocycles. The Hall–Kier alpha value is -1.61. The van der Waals surface area contributed by atoms with Crippen molar-refractivity contribution in [2.24, 2.45) is 0 Å². The molecule has 18 heavy (non-hydrogen) atoms. The maximum atomic E-state index is 12.1. The van der Waals surface area contributed by atoms with E-state index in [2.05, 4.69) is 33.0 Å². The molecular weight excluding hydrogens is 290 g/mol. The van der Waals surface area contributed by atoms with Crippen LogP contribution in [0.4, 0.5) is 0 Å². The van der Waals surface area contributed by atoms with Gasteiger partial charge in [0, 0.05) is 33.6 Å². The van der Waals surface area contributed by atoms with Gasteiger partial charge in [-0.15, -0.1) is 0 Å². The van der Waals surface area contributed by atoms with Crippen molar-refractivity contribution in [3.8, 4) is 0 Å². The zero-order chi connectivity index (χ0) is 12.5. The van der Waals surface area contributed by atoms with E-state index < -0.39 is 0 Å². The smallest absolute Gasteiger partial charge is 0.165 e. The number of alkyl halides is 1. The summed E-state index contributed by atoms with van der Waals surface area (Å²) in [6.07, 6.45) is 0.522. The lowest BCUT2D eigenvalue weighted by Crippen LogP contribution is -2.00. The largest absolute Gasteiger partial charge is 0.354 e. The van der Waals surface area contributed by atoms with E-state index in [1.165, 1.54) is 5.39 Å². The van der Waals surface area contributed by atoms with Crippen molar-refractivity contribution in [1.29, 1.82) is 0 Å². The summed E-state index contributed by atoms with van der Waals surface area (Å²) in [6, 6.07) is 14.0. The van der Waals surface area contributed by atoms with Gasteiger partial charge in [0.15, 0.2) is 5.78 Å². The molecular formula is C15H12BrNO. The van der Waals surface area contributed by atoms with Crippen molar-refractivity contribution in [3.05, 3.63) is 48.0 Å². The first-order chi connectivity index (χ1) is 8.81. The number of fused-ring (bicyclic) bond motifs is 3. The number of carbonyl (C=O) groups excluding carboxylic acids is 1. The molecule has 0 amide bonds. The van der Waals surface area contributed by atoms with E-state index in [0.717, 1.165) is 22.0 Å². The zero-order valence-electron chi connectivity index (χ0n) is 9.74. The number of aromatic amines is 1. The molecule has 3 rings (SSSR count).